The van der Waals surface area contributed by atoms with E-state index in [1.807, 2.05) is 32.0 Å². The van der Waals surface area contributed by atoms with Crippen LogP contribution in [0.5, 0.6) is 0 Å². The first-order valence-electron chi connectivity index (χ1n) is 6.69. The molecule has 4 nitrogen and oxygen atoms in total. The van der Waals surface area contributed by atoms with Gasteiger partial charge in [-0.25, -0.2) is 0 Å². The minimum Gasteiger partial charge on any atom is -0.471 e. The molecule has 0 unspecified atom stereocenters. The normalized spacial score (nSPS) is 16.5. The molecule has 108 valence electrons. The van der Waals surface area contributed by atoms with Crippen molar-refractivity contribution >= 4 is 6.47 Å². The van der Waals surface area contributed by atoms with Crippen molar-refractivity contribution in [3.8, 4) is 0 Å². The number of benzene rings is 1. The third-order valence-electron chi connectivity index (χ3n) is 2.44. The van der Waals surface area contributed by atoms with Crippen molar-refractivity contribution in [3.05, 3.63) is 35.9 Å². The van der Waals surface area contributed by atoms with Crippen LogP contribution in [0.3, 0.4) is 0 Å². The molecule has 1 atom stereocenters. The Kier molecular flexibility index (Phi) is 12.1. The van der Waals surface area contributed by atoms with E-state index in [2.05, 4.69) is 22.2 Å². The smallest absolute Gasteiger partial charge is 0.292 e. The van der Waals surface area contributed by atoms with Crippen molar-refractivity contribution < 1.29 is 14.3 Å². The Labute approximate surface area is 116 Å². The highest BCUT2D eigenvalue weighted by Crippen LogP contribution is 2.07. The van der Waals surface area contributed by atoms with Gasteiger partial charge >= 0.3 is 0 Å². The van der Waals surface area contributed by atoms with E-state index in [9.17, 15) is 0 Å². The van der Waals surface area contributed by atoms with E-state index in [0.717, 1.165) is 26.1 Å². The number of hydrogen-bond acceptors (Lipinski definition) is 4. The fourth-order valence-corrected chi connectivity index (χ4v) is 1.56. The molecular formula is C15H25NO3. The molecular weight excluding hydrogens is 242 g/mol. The lowest BCUT2D eigenvalue weighted by Crippen LogP contribution is -2.16. The largest absolute Gasteiger partial charge is 0.471 e. The van der Waals surface area contributed by atoms with Crippen molar-refractivity contribution in [1.82, 2.24) is 5.32 Å². The zero-order chi connectivity index (χ0) is 14.3. The monoisotopic (exact) mass is 267 g/mol. The van der Waals surface area contributed by atoms with Crippen LogP contribution in [0, 0.1) is 0 Å². The van der Waals surface area contributed by atoms with Crippen LogP contribution in [0.1, 0.15) is 25.8 Å². The van der Waals surface area contributed by atoms with Crippen molar-refractivity contribution in [3.63, 3.8) is 0 Å². The molecule has 1 aromatic rings. The van der Waals surface area contributed by atoms with Gasteiger partial charge in [0, 0.05) is 6.54 Å². The fourth-order valence-electron chi connectivity index (χ4n) is 1.56. The summed E-state index contributed by atoms with van der Waals surface area (Å²) in [4.78, 5) is 8.95. The number of ether oxygens (including phenoxy) is 2. The summed E-state index contributed by atoms with van der Waals surface area (Å²) in [5, 5.41) is 3.28. The third-order valence-corrected chi connectivity index (χ3v) is 2.44. The first-order chi connectivity index (χ1) is 9.36. The molecule has 1 heterocycles. The van der Waals surface area contributed by atoms with Gasteiger partial charge in [0.15, 0.2) is 0 Å². The zero-order valence-electron chi connectivity index (χ0n) is 12.1. The number of carbonyl (C=O) groups excluding carboxylic acids is 1. The first-order valence-corrected chi connectivity index (χ1v) is 6.69. The predicted molar refractivity (Wildman–Crippen MR) is 76.9 cm³/mol. The average Bonchev–Trinajstić information content (AvgIpc) is 3.02. The molecule has 0 saturated carbocycles. The molecule has 1 saturated heterocycles. The van der Waals surface area contributed by atoms with Crippen molar-refractivity contribution in [1.29, 1.82) is 0 Å². The summed E-state index contributed by atoms with van der Waals surface area (Å²) in [6.07, 6.45) is 1.56. The Balaban J connectivity index is 0.000000467. The zero-order valence-corrected chi connectivity index (χ0v) is 12.1. The molecule has 1 aliphatic heterocycles. The van der Waals surface area contributed by atoms with Crippen LogP contribution in [0.15, 0.2) is 30.3 Å². The van der Waals surface area contributed by atoms with Gasteiger partial charge in [-0.05, 0) is 18.5 Å². The van der Waals surface area contributed by atoms with E-state index in [1.165, 1.54) is 12.7 Å². The van der Waals surface area contributed by atoms with Crippen molar-refractivity contribution in [2.45, 2.75) is 33.0 Å². The number of methoxy groups -OCH3 is 1. The van der Waals surface area contributed by atoms with E-state index in [4.69, 9.17) is 9.53 Å². The maximum absolute atomic E-state index is 8.95. The van der Waals surface area contributed by atoms with Crippen LogP contribution in [0.4, 0.5) is 0 Å². The second kappa shape index (κ2) is 13.1. The van der Waals surface area contributed by atoms with E-state index in [1.54, 1.807) is 0 Å². The Morgan fingerprint density at radius 3 is 2.42 bits per heavy atom. The van der Waals surface area contributed by atoms with Crippen LogP contribution < -0.4 is 5.32 Å². The number of carbonyl (C=O) groups is 1. The van der Waals surface area contributed by atoms with Crippen molar-refractivity contribution in [2.75, 3.05) is 20.2 Å². The molecule has 2 rings (SSSR count). The molecule has 0 amide bonds. The van der Waals surface area contributed by atoms with E-state index < -0.39 is 0 Å². The Morgan fingerprint density at radius 2 is 1.95 bits per heavy atom. The first kappa shape index (κ1) is 17.6. The fraction of sp³-hybridized carbons (Fsp3) is 0.533. The molecule has 0 aliphatic carbocycles. The van der Waals surface area contributed by atoms with Crippen LogP contribution in [-0.4, -0.2) is 32.8 Å². The van der Waals surface area contributed by atoms with Crippen LogP contribution in [-0.2, 0) is 20.9 Å². The van der Waals surface area contributed by atoms with Gasteiger partial charge in [0.1, 0.15) is 0 Å². The topological polar surface area (TPSA) is 47.6 Å². The summed E-state index contributed by atoms with van der Waals surface area (Å²) < 4.78 is 9.59. The van der Waals surface area contributed by atoms with E-state index >= 15 is 0 Å². The number of hydrogen-bond donors (Lipinski definition) is 1. The summed E-state index contributed by atoms with van der Waals surface area (Å²) >= 11 is 0. The quantitative estimate of drug-likeness (QED) is 0.851. The highest BCUT2D eigenvalue weighted by Gasteiger charge is 2.13. The maximum Gasteiger partial charge on any atom is 0.292 e. The second-order valence-electron chi connectivity index (χ2n) is 3.74. The lowest BCUT2D eigenvalue weighted by Gasteiger charge is -2.09. The van der Waals surface area contributed by atoms with Crippen LogP contribution in [0.2, 0.25) is 0 Å². The summed E-state index contributed by atoms with van der Waals surface area (Å²) in [5.41, 5.74) is 1.26. The van der Waals surface area contributed by atoms with Crippen LogP contribution >= 0.6 is 0 Å². The number of rotatable bonds is 4. The molecule has 19 heavy (non-hydrogen) atoms. The van der Waals surface area contributed by atoms with Crippen molar-refractivity contribution in [2.24, 2.45) is 0 Å². The van der Waals surface area contributed by atoms with Gasteiger partial charge in [-0.3, -0.25) is 4.79 Å². The van der Waals surface area contributed by atoms with Crippen LogP contribution in [0.25, 0.3) is 0 Å². The van der Waals surface area contributed by atoms with Gasteiger partial charge in [0.05, 0.1) is 19.8 Å². The maximum atomic E-state index is 8.95. The molecule has 0 radical (unpaired) electrons. The molecule has 1 aromatic carbocycles. The standard InChI is InChI=1S/C11H15NO.C2H4O2.C2H6/c1-2-4-10(5-3-1)9-13-11-6-7-12-8-11;1-4-2-3;1-2/h1-5,11-12H,6-9H2;2H,1H3;1-2H3/t11-;;/m1../s1. The van der Waals surface area contributed by atoms with Gasteiger partial charge < -0.3 is 14.8 Å². The van der Waals surface area contributed by atoms with Gasteiger partial charge in [-0.2, -0.15) is 0 Å². The number of nitrogens with one attached hydrogen (secondary N) is 1. The highest BCUT2D eigenvalue weighted by atomic mass is 16.5. The highest BCUT2D eigenvalue weighted by molar-refractivity contribution is 5.36. The summed E-state index contributed by atoms with van der Waals surface area (Å²) in [5.74, 6) is 0. The minimum atomic E-state index is 0.375. The Hall–Kier alpha value is -1.39. The molecule has 0 spiro atoms. The SMILES string of the molecule is CC.COC=O.c1ccc(CO[C@@H]2CCNC2)cc1. The summed E-state index contributed by atoms with van der Waals surface area (Å²) in [7, 11) is 1.31. The van der Waals surface area contributed by atoms with E-state index in [0.29, 0.717) is 12.6 Å². The molecule has 1 fully saturated rings. The van der Waals surface area contributed by atoms with Gasteiger partial charge in [0.25, 0.3) is 6.47 Å². The van der Waals surface area contributed by atoms with Gasteiger partial charge in [-0.15, -0.1) is 0 Å². The Morgan fingerprint density at radius 1 is 1.32 bits per heavy atom. The lowest BCUT2D eigenvalue weighted by atomic mass is 10.2. The van der Waals surface area contributed by atoms with Gasteiger partial charge in [-0.1, -0.05) is 44.2 Å². The summed E-state index contributed by atoms with van der Waals surface area (Å²) in [6.45, 7) is 7.22. The van der Waals surface area contributed by atoms with Gasteiger partial charge in [0.2, 0.25) is 0 Å². The predicted octanol–water partition coefficient (Wildman–Crippen LogP) is 2.38. The molecule has 0 aromatic heterocycles. The molecule has 1 aliphatic rings. The molecule has 1 N–H and O–H groups in total. The third kappa shape index (κ3) is 9.22. The summed E-state index contributed by atoms with van der Waals surface area (Å²) in [6, 6.07) is 10.3. The lowest BCUT2D eigenvalue weighted by molar-refractivity contribution is -0.126. The Bertz CT molecular complexity index is 298. The molecule has 4 heteroatoms. The average molecular weight is 267 g/mol. The van der Waals surface area contributed by atoms with E-state index in [-0.39, 0.29) is 0 Å². The minimum absolute atomic E-state index is 0.375. The molecule has 0 bridgehead atoms. The second-order valence-corrected chi connectivity index (χ2v) is 3.74.